The number of hydrogen-bond donors (Lipinski definition) is 1. The van der Waals surface area contributed by atoms with Crippen molar-refractivity contribution in [2.24, 2.45) is 0 Å². The highest BCUT2D eigenvalue weighted by atomic mass is 32.2. The predicted octanol–water partition coefficient (Wildman–Crippen LogP) is 0.914. The minimum atomic E-state index is -3.98. The molecular formula is C10H12N2O5S2. The number of sulfonamides is 1. The number of nitrogens with zero attached hydrogens (tertiary/aromatic N) is 1. The van der Waals surface area contributed by atoms with Gasteiger partial charge in [0.1, 0.15) is 11.2 Å². The zero-order valence-corrected chi connectivity index (χ0v) is 11.8. The molecule has 1 aromatic rings. The molecule has 0 spiro atoms. The van der Waals surface area contributed by atoms with Crippen molar-refractivity contribution in [3.8, 4) is 5.75 Å². The molecule has 1 N–H and O–H groups in total. The molecule has 9 heteroatoms. The lowest BCUT2D eigenvalue weighted by molar-refractivity contribution is 0.160. The van der Waals surface area contributed by atoms with Crippen molar-refractivity contribution >= 4 is 33.8 Å². The van der Waals surface area contributed by atoms with Crippen LogP contribution in [0.5, 0.6) is 5.75 Å². The summed E-state index contributed by atoms with van der Waals surface area (Å²) in [4.78, 5) is 11.0. The number of rotatable bonds is 5. The predicted molar refractivity (Wildman–Crippen MR) is 71.2 cm³/mol. The van der Waals surface area contributed by atoms with Crippen molar-refractivity contribution in [2.75, 3.05) is 14.2 Å². The van der Waals surface area contributed by atoms with Crippen molar-refractivity contribution < 1.29 is 22.7 Å². The van der Waals surface area contributed by atoms with Crippen LogP contribution in [0.15, 0.2) is 29.2 Å². The number of methoxy groups -OCH3 is 2. The van der Waals surface area contributed by atoms with Gasteiger partial charge in [0.15, 0.2) is 0 Å². The van der Waals surface area contributed by atoms with Gasteiger partial charge >= 0.3 is 6.09 Å². The summed E-state index contributed by atoms with van der Waals surface area (Å²) in [6.07, 6.45) is -0.946. The molecule has 104 valence electrons. The molecule has 0 heterocycles. The lowest BCUT2D eigenvalue weighted by Gasteiger charge is -2.18. The van der Waals surface area contributed by atoms with Crippen LogP contribution >= 0.6 is 12.2 Å². The Bertz CT molecular complexity index is 556. The molecule has 0 saturated heterocycles. The first-order chi connectivity index (χ1) is 8.95. The zero-order valence-electron chi connectivity index (χ0n) is 10.2. The van der Waals surface area contributed by atoms with Gasteiger partial charge in [-0.3, -0.25) is 0 Å². The molecule has 0 aromatic heterocycles. The first-order valence-electron chi connectivity index (χ1n) is 4.94. The maximum atomic E-state index is 12.1. The van der Waals surface area contributed by atoms with Gasteiger partial charge in [-0.25, -0.2) is 10.2 Å². The molecule has 0 unspecified atom stereocenters. The van der Waals surface area contributed by atoms with Crippen LogP contribution in [0.1, 0.15) is 0 Å². The topological polar surface area (TPSA) is 84.9 Å². The third kappa shape index (κ3) is 3.55. The Morgan fingerprint density at radius 2 is 1.89 bits per heavy atom. The maximum Gasteiger partial charge on any atom is 0.426 e. The molecule has 0 saturated carbocycles. The van der Waals surface area contributed by atoms with Gasteiger partial charge < -0.3 is 9.47 Å². The van der Waals surface area contributed by atoms with E-state index in [1.807, 2.05) is 5.43 Å². The average molecular weight is 304 g/mol. The summed E-state index contributed by atoms with van der Waals surface area (Å²) in [7, 11) is -1.40. The summed E-state index contributed by atoms with van der Waals surface area (Å²) in [5.74, 6) is 0.508. The van der Waals surface area contributed by atoms with Crippen molar-refractivity contribution in [3.05, 3.63) is 24.3 Å². The normalized spacial score (nSPS) is 10.4. The van der Waals surface area contributed by atoms with Crippen LogP contribution in [0.4, 0.5) is 4.79 Å². The molecule has 0 aliphatic rings. The summed E-state index contributed by atoms with van der Waals surface area (Å²) in [6, 6.07) is 5.62. The van der Waals surface area contributed by atoms with E-state index in [1.165, 1.54) is 31.4 Å². The molecule has 1 rings (SSSR count). The molecular weight excluding hydrogens is 292 g/mol. The fraction of sp³-hybridized carbons (Fsp3) is 0.200. The Morgan fingerprint density at radius 3 is 2.32 bits per heavy atom. The Hall–Kier alpha value is -1.87. The smallest absolute Gasteiger partial charge is 0.426 e. The molecule has 1 aromatic carbocycles. The van der Waals surface area contributed by atoms with Gasteiger partial charge in [-0.05, 0) is 24.3 Å². The van der Waals surface area contributed by atoms with Crippen molar-refractivity contribution in [2.45, 2.75) is 4.90 Å². The number of nitrogens with one attached hydrogen (secondary N) is 1. The third-order valence-corrected chi connectivity index (χ3v) is 4.03. The number of amides is 1. The quantitative estimate of drug-likeness (QED) is 0.643. The van der Waals surface area contributed by atoms with E-state index in [2.05, 4.69) is 17.0 Å². The van der Waals surface area contributed by atoms with E-state index in [-0.39, 0.29) is 4.90 Å². The van der Waals surface area contributed by atoms with Crippen LogP contribution in [-0.4, -0.2) is 38.6 Å². The van der Waals surface area contributed by atoms with Crippen molar-refractivity contribution in [1.82, 2.24) is 9.84 Å². The summed E-state index contributed by atoms with van der Waals surface area (Å²) in [5.41, 5.74) is 2.77. The molecule has 7 nitrogen and oxygen atoms in total. The first kappa shape index (κ1) is 15.2. The van der Waals surface area contributed by atoms with E-state index < -0.39 is 16.1 Å². The van der Waals surface area contributed by atoms with Gasteiger partial charge in [0.25, 0.3) is 10.0 Å². The molecule has 0 fully saturated rings. The Kier molecular flexibility index (Phi) is 5.07. The zero-order chi connectivity index (χ0) is 14.5. The average Bonchev–Trinajstić information content (AvgIpc) is 2.44. The second-order valence-electron chi connectivity index (χ2n) is 3.19. The van der Waals surface area contributed by atoms with Gasteiger partial charge in [0, 0.05) is 0 Å². The van der Waals surface area contributed by atoms with Gasteiger partial charge in [-0.1, -0.05) is 12.2 Å². The summed E-state index contributed by atoms with van der Waals surface area (Å²) in [5, 5.41) is 0. The summed E-state index contributed by atoms with van der Waals surface area (Å²) < 4.78 is 34.0. The Balaban J connectivity index is 3.05. The number of thiocarbonyl (C=S) groups is 1. The van der Waals surface area contributed by atoms with Crippen LogP contribution in [0, 0.1) is 0 Å². The third-order valence-electron chi connectivity index (χ3n) is 2.10. The first-order valence-corrected chi connectivity index (χ1v) is 6.85. The fourth-order valence-electron chi connectivity index (χ4n) is 1.14. The Labute approximate surface area is 116 Å². The SMILES string of the molecule is COC(=O)NN(C=S)S(=O)(=O)c1ccc(OC)cc1. The van der Waals surface area contributed by atoms with Crippen LogP contribution in [-0.2, 0) is 14.8 Å². The van der Waals surface area contributed by atoms with E-state index in [9.17, 15) is 13.2 Å². The van der Waals surface area contributed by atoms with Crippen LogP contribution < -0.4 is 10.2 Å². The number of benzene rings is 1. The second kappa shape index (κ2) is 6.34. The van der Waals surface area contributed by atoms with E-state index in [0.29, 0.717) is 10.2 Å². The van der Waals surface area contributed by atoms with E-state index in [4.69, 9.17) is 4.74 Å². The van der Waals surface area contributed by atoms with Crippen molar-refractivity contribution in [3.63, 3.8) is 0 Å². The lowest BCUT2D eigenvalue weighted by Crippen LogP contribution is -2.44. The monoisotopic (exact) mass is 304 g/mol. The van der Waals surface area contributed by atoms with E-state index in [0.717, 1.165) is 12.6 Å². The number of ether oxygens (including phenoxy) is 2. The highest BCUT2D eigenvalue weighted by Crippen LogP contribution is 2.17. The van der Waals surface area contributed by atoms with E-state index >= 15 is 0 Å². The highest BCUT2D eigenvalue weighted by molar-refractivity contribution is 7.91. The minimum Gasteiger partial charge on any atom is -0.497 e. The number of hydrazine groups is 1. The molecule has 0 radical (unpaired) electrons. The molecule has 0 atom stereocenters. The van der Waals surface area contributed by atoms with Crippen LogP contribution in [0.3, 0.4) is 0 Å². The van der Waals surface area contributed by atoms with Crippen LogP contribution in [0.2, 0.25) is 0 Å². The standard InChI is InChI=1S/C10H12N2O5S2/c1-16-8-3-5-9(6-4-8)19(14,15)12(7-18)11-10(13)17-2/h3-7H,1-2H3,(H,11,13). The number of carbonyl (C=O) groups is 1. The molecule has 1 amide bonds. The number of hydrogen-bond acceptors (Lipinski definition) is 6. The Morgan fingerprint density at radius 1 is 1.32 bits per heavy atom. The highest BCUT2D eigenvalue weighted by Gasteiger charge is 2.23. The fourth-order valence-corrected chi connectivity index (χ4v) is 2.55. The summed E-state index contributed by atoms with van der Waals surface area (Å²) >= 11 is 4.56. The van der Waals surface area contributed by atoms with E-state index in [1.54, 1.807) is 0 Å². The van der Waals surface area contributed by atoms with Crippen LogP contribution in [0.25, 0.3) is 0 Å². The molecule has 0 bridgehead atoms. The molecule has 0 aliphatic heterocycles. The summed E-state index contributed by atoms with van der Waals surface area (Å²) in [6.45, 7) is 0. The van der Waals surface area contributed by atoms with Gasteiger partial charge in [-0.2, -0.15) is 12.8 Å². The second-order valence-corrected chi connectivity index (χ2v) is 5.21. The van der Waals surface area contributed by atoms with Gasteiger partial charge in [0.05, 0.1) is 19.1 Å². The van der Waals surface area contributed by atoms with Crippen molar-refractivity contribution in [1.29, 1.82) is 0 Å². The van der Waals surface area contributed by atoms with Gasteiger partial charge in [-0.15, -0.1) is 0 Å². The largest absolute Gasteiger partial charge is 0.497 e. The lowest BCUT2D eigenvalue weighted by atomic mass is 10.3. The maximum absolute atomic E-state index is 12.1. The molecule has 0 aliphatic carbocycles. The molecule has 19 heavy (non-hydrogen) atoms. The number of carbonyl (C=O) groups excluding carboxylic acids is 1. The minimum absolute atomic E-state index is 0.0502. The van der Waals surface area contributed by atoms with Gasteiger partial charge in [0.2, 0.25) is 0 Å².